The second-order valence-corrected chi connectivity index (χ2v) is 6.03. The summed E-state index contributed by atoms with van der Waals surface area (Å²) in [7, 11) is 0. The smallest absolute Gasteiger partial charge is 0.305 e. The first-order valence-corrected chi connectivity index (χ1v) is 7.32. The van der Waals surface area contributed by atoms with Gasteiger partial charge in [-0.1, -0.05) is 31.5 Å². The van der Waals surface area contributed by atoms with Gasteiger partial charge in [-0.15, -0.1) is 0 Å². The molecule has 1 amide bonds. The van der Waals surface area contributed by atoms with Gasteiger partial charge in [0.2, 0.25) is 5.91 Å². The summed E-state index contributed by atoms with van der Waals surface area (Å²) in [6.07, 6.45) is 0.378. The lowest BCUT2D eigenvalue weighted by Crippen LogP contribution is -2.34. The van der Waals surface area contributed by atoms with Crippen molar-refractivity contribution in [3.05, 3.63) is 28.8 Å². The van der Waals surface area contributed by atoms with E-state index in [1.54, 1.807) is 4.90 Å². The predicted octanol–water partition coefficient (Wildman–Crippen LogP) is 3.47. The zero-order chi connectivity index (χ0) is 16.2. The molecule has 0 radical (unpaired) electrons. The highest BCUT2D eigenvalue weighted by molar-refractivity contribution is 5.95. The van der Waals surface area contributed by atoms with Crippen molar-refractivity contribution in [1.29, 1.82) is 0 Å². The number of hydrogen-bond donors (Lipinski definition) is 1. The maximum absolute atomic E-state index is 12.5. The van der Waals surface area contributed by atoms with Crippen LogP contribution in [0, 0.1) is 26.7 Å². The fraction of sp³-hybridized carbons (Fsp3) is 0.529. The van der Waals surface area contributed by atoms with E-state index in [9.17, 15) is 9.59 Å². The number of carbonyl (C=O) groups is 2. The van der Waals surface area contributed by atoms with Gasteiger partial charge in [-0.05, 0) is 37.8 Å². The highest BCUT2D eigenvalue weighted by Crippen LogP contribution is 2.27. The first kappa shape index (κ1) is 17.2. The first-order valence-electron chi connectivity index (χ1n) is 7.32. The summed E-state index contributed by atoms with van der Waals surface area (Å²) < 4.78 is 0. The Morgan fingerprint density at radius 1 is 1.14 bits per heavy atom. The van der Waals surface area contributed by atoms with Crippen LogP contribution in [-0.4, -0.2) is 23.5 Å². The Morgan fingerprint density at radius 3 is 2.10 bits per heavy atom. The summed E-state index contributed by atoms with van der Waals surface area (Å²) >= 11 is 0. The number of rotatable bonds is 6. The molecule has 1 N–H and O–H groups in total. The van der Waals surface area contributed by atoms with Gasteiger partial charge < -0.3 is 10.0 Å². The Balaban J connectivity index is 3.17. The van der Waals surface area contributed by atoms with Crippen molar-refractivity contribution < 1.29 is 14.7 Å². The van der Waals surface area contributed by atoms with Crippen LogP contribution in [0.4, 0.5) is 5.69 Å². The maximum Gasteiger partial charge on any atom is 0.305 e. The highest BCUT2D eigenvalue weighted by atomic mass is 16.4. The average molecular weight is 291 g/mol. The molecule has 0 heterocycles. The predicted molar refractivity (Wildman–Crippen MR) is 84.7 cm³/mol. The van der Waals surface area contributed by atoms with Crippen molar-refractivity contribution >= 4 is 17.6 Å². The second-order valence-electron chi connectivity index (χ2n) is 6.03. The number of amides is 1. The zero-order valence-electron chi connectivity index (χ0n) is 13.6. The van der Waals surface area contributed by atoms with Crippen LogP contribution in [0.1, 0.15) is 43.4 Å². The Labute approximate surface area is 126 Å². The summed E-state index contributed by atoms with van der Waals surface area (Å²) in [6.45, 7) is 10.1. The minimum Gasteiger partial charge on any atom is -0.481 e. The Morgan fingerprint density at radius 2 is 1.67 bits per heavy atom. The van der Waals surface area contributed by atoms with Crippen LogP contribution < -0.4 is 4.90 Å². The van der Waals surface area contributed by atoms with Crippen molar-refractivity contribution in [2.45, 2.75) is 47.5 Å². The van der Waals surface area contributed by atoms with E-state index in [0.29, 0.717) is 6.42 Å². The van der Waals surface area contributed by atoms with Crippen LogP contribution >= 0.6 is 0 Å². The standard InChI is InChI=1S/C17H25NO3/c1-11(2)8-15(19)18(7-6-16(20)21)17-13(4)9-12(3)10-14(17)5/h9-11H,6-8H2,1-5H3,(H,20,21). The van der Waals surface area contributed by atoms with Gasteiger partial charge in [0.15, 0.2) is 0 Å². The lowest BCUT2D eigenvalue weighted by atomic mass is 10.0. The molecule has 0 fully saturated rings. The van der Waals surface area contributed by atoms with E-state index in [1.165, 1.54) is 0 Å². The van der Waals surface area contributed by atoms with Crippen molar-refractivity contribution in [2.75, 3.05) is 11.4 Å². The summed E-state index contributed by atoms with van der Waals surface area (Å²) in [6, 6.07) is 4.05. The van der Waals surface area contributed by atoms with E-state index in [4.69, 9.17) is 5.11 Å². The van der Waals surface area contributed by atoms with Crippen molar-refractivity contribution in [1.82, 2.24) is 0 Å². The summed E-state index contributed by atoms with van der Waals surface area (Å²) in [5, 5.41) is 8.92. The van der Waals surface area contributed by atoms with Crippen LogP contribution in [0.25, 0.3) is 0 Å². The molecule has 1 aromatic rings. The molecular formula is C17H25NO3. The molecule has 0 aliphatic rings. The van der Waals surface area contributed by atoms with Gasteiger partial charge >= 0.3 is 5.97 Å². The first-order chi connectivity index (χ1) is 9.72. The van der Waals surface area contributed by atoms with Gasteiger partial charge in [0.05, 0.1) is 6.42 Å². The van der Waals surface area contributed by atoms with Gasteiger partial charge in [-0.3, -0.25) is 9.59 Å². The fourth-order valence-electron chi connectivity index (χ4n) is 2.63. The SMILES string of the molecule is Cc1cc(C)c(N(CCC(=O)O)C(=O)CC(C)C)c(C)c1. The summed E-state index contributed by atoms with van der Waals surface area (Å²) in [5.41, 5.74) is 4.01. The van der Waals surface area contributed by atoms with Gasteiger partial charge in [0, 0.05) is 18.7 Å². The molecule has 21 heavy (non-hydrogen) atoms. The molecule has 0 aliphatic carbocycles. The van der Waals surface area contributed by atoms with Crippen molar-refractivity contribution in [3.8, 4) is 0 Å². The third kappa shape index (κ3) is 4.88. The molecule has 0 aliphatic heterocycles. The Bertz CT molecular complexity index is 512. The molecule has 116 valence electrons. The van der Waals surface area contributed by atoms with Gasteiger partial charge in [-0.2, -0.15) is 0 Å². The number of hydrogen-bond acceptors (Lipinski definition) is 2. The average Bonchev–Trinajstić information content (AvgIpc) is 2.30. The molecule has 0 atom stereocenters. The van der Waals surface area contributed by atoms with Crippen LogP contribution in [0.15, 0.2) is 12.1 Å². The van der Waals surface area contributed by atoms with Crippen LogP contribution in [0.3, 0.4) is 0 Å². The van der Waals surface area contributed by atoms with Crippen LogP contribution in [0.2, 0.25) is 0 Å². The third-order valence-electron chi connectivity index (χ3n) is 3.34. The molecule has 1 rings (SSSR count). The minimum absolute atomic E-state index is 0.0127. The molecule has 0 aromatic heterocycles. The minimum atomic E-state index is -0.889. The largest absolute Gasteiger partial charge is 0.481 e. The zero-order valence-corrected chi connectivity index (χ0v) is 13.6. The molecular weight excluding hydrogens is 266 g/mol. The quantitative estimate of drug-likeness (QED) is 0.873. The molecule has 4 heteroatoms. The number of benzene rings is 1. The number of carboxylic acid groups (broad SMARTS) is 1. The van der Waals surface area contributed by atoms with Gasteiger partial charge in [0.1, 0.15) is 0 Å². The lowest BCUT2D eigenvalue weighted by Gasteiger charge is -2.27. The van der Waals surface area contributed by atoms with E-state index >= 15 is 0 Å². The van der Waals surface area contributed by atoms with Gasteiger partial charge in [-0.25, -0.2) is 0 Å². The molecule has 0 spiro atoms. The third-order valence-corrected chi connectivity index (χ3v) is 3.34. The normalized spacial score (nSPS) is 10.8. The van der Waals surface area contributed by atoms with E-state index in [1.807, 2.05) is 46.8 Å². The maximum atomic E-state index is 12.5. The van der Waals surface area contributed by atoms with E-state index in [2.05, 4.69) is 0 Å². The molecule has 1 aromatic carbocycles. The number of carboxylic acids is 1. The van der Waals surface area contributed by atoms with E-state index in [0.717, 1.165) is 22.4 Å². The number of carbonyl (C=O) groups excluding carboxylic acids is 1. The Hall–Kier alpha value is -1.84. The molecule has 0 saturated carbocycles. The lowest BCUT2D eigenvalue weighted by molar-refractivity contribution is -0.136. The number of nitrogens with zero attached hydrogens (tertiary/aromatic N) is 1. The topological polar surface area (TPSA) is 57.6 Å². The van der Waals surface area contributed by atoms with E-state index < -0.39 is 5.97 Å². The Kier molecular flexibility index (Phi) is 5.94. The van der Waals surface area contributed by atoms with Crippen LogP contribution in [0.5, 0.6) is 0 Å². The van der Waals surface area contributed by atoms with E-state index in [-0.39, 0.29) is 24.8 Å². The number of aryl methyl sites for hydroxylation is 3. The van der Waals surface area contributed by atoms with Crippen molar-refractivity contribution in [3.63, 3.8) is 0 Å². The molecule has 0 saturated heterocycles. The second kappa shape index (κ2) is 7.25. The van der Waals surface area contributed by atoms with Gasteiger partial charge in [0.25, 0.3) is 0 Å². The van der Waals surface area contributed by atoms with Crippen molar-refractivity contribution in [2.24, 2.45) is 5.92 Å². The number of aliphatic carboxylic acids is 1. The summed E-state index contributed by atoms with van der Waals surface area (Å²) in [5.74, 6) is -0.656. The molecule has 0 bridgehead atoms. The monoisotopic (exact) mass is 291 g/mol. The fourth-order valence-corrected chi connectivity index (χ4v) is 2.63. The summed E-state index contributed by atoms with van der Waals surface area (Å²) in [4.78, 5) is 25.0. The highest BCUT2D eigenvalue weighted by Gasteiger charge is 2.21. The molecule has 0 unspecified atom stereocenters. The number of anilines is 1. The molecule has 4 nitrogen and oxygen atoms in total. The van der Waals surface area contributed by atoms with Crippen LogP contribution in [-0.2, 0) is 9.59 Å².